The summed E-state index contributed by atoms with van der Waals surface area (Å²) in [5.74, 6) is -4.84. The maximum Gasteiger partial charge on any atom is 0.513 e. The van der Waals surface area contributed by atoms with E-state index in [4.69, 9.17) is 14.9 Å². The quantitative estimate of drug-likeness (QED) is 0.0905. The second-order valence-corrected chi connectivity index (χ2v) is 13.7. The van der Waals surface area contributed by atoms with E-state index in [-0.39, 0.29) is 29.7 Å². The Bertz CT molecular complexity index is 1910. The zero-order chi connectivity index (χ0) is 35.6. The number of nitrogens with zero attached hydrogens (tertiary/aromatic N) is 2. The summed E-state index contributed by atoms with van der Waals surface area (Å²) in [5.41, 5.74) is 4.75. The van der Waals surface area contributed by atoms with Gasteiger partial charge >= 0.3 is 17.9 Å². The fourth-order valence-corrected chi connectivity index (χ4v) is 7.67. The molecule has 1 aromatic heterocycles. The minimum atomic E-state index is -1.47. The van der Waals surface area contributed by atoms with Crippen molar-refractivity contribution < 1.29 is 43.0 Å². The van der Waals surface area contributed by atoms with Crippen LogP contribution in [-0.4, -0.2) is 80.3 Å². The molecule has 2 saturated heterocycles. The van der Waals surface area contributed by atoms with Crippen molar-refractivity contribution in [2.24, 2.45) is 5.73 Å². The van der Waals surface area contributed by atoms with Gasteiger partial charge in [-0.2, -0.15) is 0 Å². The number of β-lactam (4-membered cyclic amide) rings is 1. The Morgan fingerprint density at radius 3 is 2.41 bits per heavy atom. The number of hydrogen-bond donors (Lipinski definition) is 4. The molecule has 16 nitrogen and oxygen atoms in total. The second kappa shape index (κ2) is 14.1. The van der Waals surface area contributed by atoms with Crippen LogP contribution in [0.5, 0.6) is 5.75 Å². The minimum absolute atomic E-state index is 0.0405. The van der Waals surface area contributed by atoms with Crippen LogP contribution < -0.4 is 32.4 Å². The molecule has 5 rings (SSSR count). The first-order valence-corrected chi connectivity index (χ1v) is 16.2. The number of ether oxygens (including phenoxy) is 2. The molecule has 2 fully saturated rings. The molecular weight excluding hydrogens is 662 g/mol. The number of hydrogen-bond acceptors (Lipinski definition) is 12. The summed E-state index contributed by atoms with van der Waals surface area (Å²) < 4.78 is 14.7. The van der Waals surface area contributed by atoms with Crippen LogP contribution in [0.4, 0.5) is 4.79 Å². The Kier molecular flexibility index (Phi) is 10.1. The van der Waals surface area contributed by atoms with Crippen LogP contribution in [0.1, 0.15) is 50.8 Å². The number of unbranched alkanes of at least 4 members (excludes halogenated alkanes) is 1. The average Bonchev–Trinajstić information content (AvgIpc) is 3.33. The Morgan fingerprint density at radius 1 is 1.04 bits per heavy atom. The van der Waals surface area contributed by atoms with Crippen molar-refractivity contribution in [3.05, 3.63) is 75.0 Å². The SMILES string of the molecule is COC(=O)Oc1cccc2c(=O)n(C(CCCCN)C(=O)NC(C(=O)NC3C(=O)N4C3SC(C)(C)C4C(=O)O)c3ccccc3)c(=O)oc12. The summed E-state index contributed by atoms with van der Waals surface area (Å²) >= 11 is 1.25. The van der Waals surface area contributed by atoms with Crippen molar-refractivity contribution in [3.8, 4) is 5.75 Å². The van der Waals surface area contributed by atoms with Crippen molar-refractivity contribution in [1.82, 2.24) is 20.1 Å². The molecule has 49 heavy (non-hydrogen) atoms. The third-order valence-corrected chi connectivity index (χ3v) is 9.95. The summed E-state index contributed by atoms with van der Waals surface area (Å²) in [5, 5.41) is 14.2. The van der Waals surface area contributed by atoms with Crippen molar-refractivity contribution in [1.29, 1.82) is 0 Å². The number of carboxylic acid groups (broad SMARTS) is 1. The molecule has 0 saturated carbocycles. The van der Waals surface area contributed by atoms with E-state index in [2.05, 4.69) is 15.4 Å². The smallest absolute Gasteiger partial charge is 0.480 e. The number of aromatic nitrogens is 1. The van der Waals surface area contributed by atoms with E-state index >= 15 is 0 Å². The zero-order valence-corrected chi connectivity index (χ0v) is 27.6. The van der Waals surface area contributed by atoms with E-state index in [1.807, 2.05) is 0 Å². The molecule has 2 aliphatic heterocycles. The molecule has 0 bridgehead atoms. The molecule has 5 unspecified atom stereocenters. The summed E-state index contributed by atoms with van der Waals surface area (Å²) in [7, 11) is 1.08. The number of carbonyl (C=O) groups excluding carboxylic acids is 4. The fourth-order valence-electron chi connectivity index (χ4n) is 6.04. The number of aliphatic carboxylic acids is 1. The minimum Gasteiger partial charge on any atom is -0.480 e. The lowest BCUT2D eigenvalue weighted by molar-refractivity contribution is -0.161. The summed E-state index contributed by atoms with van der Waals surface area (Å²) in [6.45, 7) is 3.68. The number of amides is 3. The first-order chi connectivity index (χ1) is 23.3. The number of nitrogens with one attached hydrogen (secondary N) is 2. The summed E-state index contributed by atoms with van der Waals surface area (Å²) in [4.78, 5) is 93.0. The second-order valence-electron chi connectivity index (χ2n) is 12.0. The Hall–Kier alpha value is -5.16. The Morgan fingerprint density at radius 2 is 1.76 bits per heavy atom. The van der Waals surface area contributed by atoms with Crippen LogP contribution in [0.2, 0.25) is 0 Å². The average molecular weight is 698 g/mol. The van der Waals surface area contributed by atoms with Crippen molar-refractivity contribution in [3.63, 3.8) is 0 Å². The molecule has 260 valence electrons. The molecule has 3 heterocycles. The van der Waals surface area contributed by atoms with Gasteiger partial charge in [-0.3, -0.25) is 19.2 Å². The fraction of sp³-hybridized carbons (Fsp3) is 0.406. The van der Waals surface area contributed by atoms with Crippen molar-refractivity contribution in [2.75, 3.05) is 13.7 Å². The van der Waals surface area contributed by atoms with Crippen LogP contribution in [-0.2, 0) is 23.9 Å². The maximum absolute atomic E-state index is 14.0. The predicted octanol–water partition coefficient (Wildman–Crippen LogP) is 1.26. The van der Waals surface area contributed by atoms with Crippen LogP contribution in [0.3, 0.4) is 0 Å². The number of benzene rings is 2. The normalized spacial score (nSPS) is 20.4. The van der Waals surface area contributed by atoms with Gasteiger partial charge in [0.05, 0.1) is 12.5 Å². The number of methoxy groups -OCH3 is 1. The molecule has 2 aliphatic rings. The van der Waals surface area contributed by atoms with Gasteiger partial charge < -0.3 is 40.3 Å². The third kappa shape index (κ3) is 6.76. The predicted molar refractivity (Wildman–Crippen MR) is 175 cm³/mol. The first-order valence-electron chi connectivity index (χ1n) is 15.3. The van der Waals surface area contributed by atoms with Gasteiger partial charge in [0, 0.05) is 4.75 Å². The number of nitrogens with two attached hydrogens (primary N) is 1. The van der Waals surface area contributed by atoms with Gasteiger partial charge in [-0.1, -0.05) is 36.4 Å². The zero-order valence-electron chi connectivity index (χ0n) is 26.7. The standard InChI is InChI=1S/C32H35N5O11S/c1-32(2)23(29(42)43)37-27(41)21(28(37)49-32)35-25(39)20(16-10-5-4-6-11-16)34-24(38)18(13-7-8-15-33)36-26(40)17-12-9-14-19(47-31(45)46-3)22(17)48-30(36)44/h4-6,9-12,14,18,20-21,23,28H,7-8,13,15,33H2,1-3H3,(H,34,38)(H,35,39)(H,42,43). The molecule has 0 radical (unpaired) electrons. The largest absolute Gasteiger partial charge is 0.513 e. The van der Waals surface area contributed by atoms with Crippen LogP contribution >= 0.6 is 11.8 Å². The number of carbonyl (C=O) groups is 5. The van der Waals surface area contributed by atoms with Crippen LogP contribution in [0, 0.1) is 0 Å². The van der Waals surface area contributed by atoms with Crippen molar-refractivity contribution in [2.45, 2.75) is 67.4 Å². The Balaban J connectivity index is 1.47. The lowest BCUT2D eigenvalue weighted by Gasteiger charge is -2.44. The van der Waals surface area contributed by atoms with Gasteiger partial charge in [-0.15, -0.1) is 11.8 Å². The highest BCUT2D eigenvalue weighted by Gasteiger charge is 2.64. The number of fused-ring (bicyclic) bond motifs is 2. The molecule has 3 amide bonds. The molecular formula is C32H35N5O11S. The van der Waals surface area contributed by atoms with E-state index in [1.54, 1.807) is 44.2 Å². The van der Waals surface area contributed by atoms with E-state index < -0.39 is 75.4 Å². The number of thioether (sulfide) groups is 1. The highest BCUT2D eigenvalue weighted by atomic mass is 32.2. The van der Waals surface area contributed by atoms with Gasteiger partial charge in [-0.05, 0) is 57.4 Å². The third-order valence-electron chi connectivity index (χ3n) is 8.37. The van der Waals surface area contributed by atoms with Gasteiger partial charge in [0.25, 0.3) is 5.56 Å². The summed E-state index contributed by atoms with van der Waals surface area (Å²) in [6.07, 6.45) is -0.388. The number of rotatable bonds is 12. The van der Waals surface area contributed by atoms with Gasteiger partial charge in [0.15, 0.2) is 11.3 Å². The number of para-hydroxylation sites is 1. The van der Waals surface area contributed by atoms with Gasteiger partial charge in [-0.25, -0.2) is 19.0 Å². The molecule has 0 spiro atoms. The van der Waals surface area contributed by atoms with Gasteiger partial charge in [0.1, 0.15) is 29.5 Å². The lowest BCUT2D eigenvalue weighted by Crippen LogP contribution is -2.71. The first kappa shape index (κ1) is 35.2. The molecule has 3 aromatic rings. The lowest BCUT2D eigenvalue weighted by atomic mass is 9.95. The molecule has 2 aromatic carbocycles. The monoisotopic (exact) mass is 697 g/mol. The number of carboxylic acids is 1. The van der Waals surface area contributed by atoms with Crippen LogP contribution in [0.25, 0.3) is 11.0 Å². The summed E-state index contributed by atoms with van der Waals surface area (Å²) in [6, 6.07) is 7.15. The molecule has 17 heteroatoms. The van der Waals surface area contributed by atoms with E-state index in [0.29, 0.717) is 23.0 Å². The molecule has 0 aliphatic carbocycles. The topological polar surface area (TPSA) is 230 Å². The van der Waals surface area contributed by atoms with Gasteiger partial charge in [0.2, 0.25) is 17.7 Å². The van der Waals surface area contributed by atoms with E-state index in [0.717, 1.165) is 7.11 Å². The molecule has 5 atom stereocenters. The maximum atomic E-state index is 14.0. The highest BCUT2D eigenvalue weighted by Crippen LogP contribution is 2.50. The van der Waals surface area contributed by atoms with E-state index in [1.165, 1.54) is 34.9 Å². The van der Waals surface area contributed by atoms with E-state index in [9.17, 15) is 38.7 Å². The Labute approximate surface area is 282 Å². The van der Waals surface area contributed by atoms with Crippen LogP contribution in [0.15, 0.2) is 62.5 Å². The molecule has 5 N–H and O–H groups in total. The highest BCUT2D eigenvalue weighted by molar-refractivity contribution is 8.01. The van der Waals surface area contributed by atoms with Crippen molar-refractivity contribution >= 4 is 52.6 Å².